The molecule has 232 valence electrons. The molecule has 1 amide bonds. The van der Waals surface area contributed by atoms with Crippen molar-refractivity contribution in [3.05, 3.63) is 108 Å². The highest BCUT2D eigenvalue weighted by molar-refractivity contribution is 5.84. The fourth-order valence-corrected chi connectivity index (χ4v) is 6.03. The number of aliphatic hydroxyl groups excluding tert-OH is 1. The Bertz CT molecular complexity index is 1360. The van der Waals surface area contributed by atoms with E-state index in [4.69, 9.17) is 4.74 Å². The Labute approximate surface area is 261 Å². The summed E-state index contributed by atoms with van der Waals surface area (Å²) in [5.74, 6) is 0.852. The molecule has 2 heterocycles. The zero-order valence-electron chi connectivity index (χ0n) is 25.7. The van der Waals surface area contributed by atoms with Crippen LogP contribution in [0.5, 0.6) is 5.75 Å². The van der Waals surface area contributed by atoms with Gasteiger partial charge in [-0.3, -0.25) is 19.6 Å². The van der Waals surface area contributed by atoms with Crippen LogP contribution in [0.4, 0.5) is 0 Å². The van der Waals surface area contributed by atoms with Gasteiger partial charge in [0.25, 0.3) is 0 Å². The largest absolute Gasteiger partial charge is 0.490 e. The first-order chi connectivity index (χ1) is 21.6. The Balaban J connectivity index is 1.03. The van der Waals surface area contributed by atoms with Crippen LogP contribution in [0.3, 0.4) is 0 Å². The van der Waals surface area contributed by atoms with Crippen LogP contribution in [-0.2, 0) is 17.6 Å². The number of aromatic nitrogens is 1. The van der Waals surface area contributed by atoms with E-state index in [1.807, 2.05) is 30.3 Å². The molecule has 2 N–H and O–H groups in total. The maximum atomic E-state index is 13.1. The van der Waals surface area contributed by atoms with Crippen LogP contribution in [0.15, 0.2) is 97.2 Å². The summed E-state index contributed by atoms with van der Waals surface area (Å²) in [7, 11) is 0. The zero-order chi connectivity index (χ0) is 30.4. The normalized spacial score (nSPS) is 15.0. The monoisotopic (exact) mass is 594 g/mol. The number of pyridine rings is 1. The number of hydrogen-bond acceptors (Lipinski definition) is 6. The lowest BCUT2D eigenvalue weighted by Gasteiger charge is -2.35. The van der Waals surface area contributed by atoms with E-state index in [1.165, 1.54) is 11.1 Å². The van der Waals surface area contributed by atoms with E-state index in [1.54, 1.807) is 6.20 Å². The zero-order valence-corrected chi connectivity index (χ0v) is 25.7. The van der Waals surface area contributed by atoms with Crippen molar-refractivity contribution in [2.24, 2.45) is 0 Å². The summed E-state index contributed by atoms with van der Waals surface area (Å²) in [6, 6.07) is 31.0. The molecule has 4 aromatic rings. The highest BCUT2D eigenvalue weighted by Gasteiger charge is 2.22. The molecule has 1 fully saturated rings. The summed E-state index contributed by atoms with van der Waals surface area (Å²) in [6.07, 6.45) is 7.32. The number of nitrogens with zero attached hydrogens (tertiary/aromatic N) is 3. The number of carbonyl (C=O) groups excluding carboxylic acids is 1. The lowest BCUT2D eigenvalue weighted by atomic mass is 9.99. The van der Waals surface area contributed by atoms with E-state index >= 15 is 0 Å². The summed E-state index contributed by atoms with van der Waals surface area (Å²) >= 11 is 0. The molecule has 1 atom stereocenters. The average Bonchev–Trinajstić information content (AvgIpc) is 3.05. The number of hydrogen-bond donors (Lipinski definition) is 2. The molecule has 1 aromatic heterocycles. The molecule has 44 heavy (non-hydrogen) atoms. The third kappa shape index (κ3) is 10.2. The molecule has 3 aromatic carbocycles. The predicted octanol–water partition coefficient (Wildman–Crippen LogP) is 5.12. The van der Waals surface area contributed by atoms with E-state index < -0.39 is 6.10 Å². The summed E-state index contributed by atoms with van der Waals surface area (Å²) in [6.45, 7) is 4.45. The van der Waals surface area contributed by atoms with Gasteiger partial charge in [0.2, 0.25) is 5.91 Å². The first-order valence-corrected chi connectivity index (χ1v) is 16.1. The van der Waals surface area contributed by atoms with Crippen molar-refractivity contribution in [3.8, 4) is 5.75 Å². The number of aliphatic hydroxyl groups is 1. The quantitative estimate of drug-likeness (QED) is 0.188. The number of fused-ring (bicyclic) bond motifs is 1. The summed E-state index contributed by atoms with van der Waals surface area (Å²) < 4.78 is 5.96. The first-order valence-electron chi connectivity index (χ1n) is 16.1. The number of ether oxygens (including phenoxy) is 1. The number of carbonyl (C=O) groups is 1. The van der Waals surface area contributed by atoms with E-state index in [9.17, 15) is 9.90 Å². The Morgan fingerprint density at radius 3 is 2.09 bits per heavy atom. The van der Waals surface area contributed by atoms with Gasteiger partial charge in [0.1, 0.15) is 18.5 Å². The molecule has 7 nitrogen and oxygen atoms in total. The molecule has 1 saturated heterocycles. The second kappa shape index (κ2) is 16.9. The van der Waals surface area contributed by atoms with Crippen LogP contribution in [-0.4, -0.2) is 83.8 Å². The molecule has 5 rings (SSSR count). The van der Waals surface area contributed by atoms with E-state index in [-0.39, 0.29) is 18.6 Å². The van der Waals surface area contributed by atoms with Crippen LogP contribution in [0, 0.1) is 0 Å². The maximum Gasteiger partial charge on any atom is 0.234 e. The number of benzene rings is 3. The molecule has 1 unspecified atom stereocenters. The van der Waals surface area contributed by atoms with Crippen molar-refractivity contribution < 1.29 is 14.6 Å². The maximum absolute atomic E-state index is 13.1. The molecular formula is C37H46N4O3. The van der Waals surface area contributed by atoms with Crippen LogP contribution in [0.2, 0.25) is 0 Å². The Kier molecular flexibility index (Phi) is 12.2. The first kappa shape index (κ1) is 31.6. The highest BCUT2D eigenvalue weighted by atomic mass is 16.5. The van der Waals surface area contributed by atoms with Crippen LogP contribution in [0.1, 0.15) is 36.8 Å². The highest BCUT2D eigenvalue weighted by Crippen LogP contribution is 2.23. The SMILES string of the molecule is O=C(CN1CCN(CC(O)COc2cccc3ncccc23)CC1)NC(CCCc1ccccc1)CCCc1ccccc1. The van der Waals surface area contributed by atoms with Gasteiger partial charge in [-0.05, 0) is 73.9 Å². The van der Waals surface area contributed by atoms with Crippen LogP contribution >= 0.6 is 0 Å². The van der Waals surface area contributed by atoms with Gasteiger partial charge >= 0.3 is 0 Å². The van der Waals surface area contributed by atoms with Gasteiger partial charge in [-0.2, -0.15) is 0 Å². The van der Waals surface area contributed by atoms with Crippen molar-refractivity contribution in [1.29, 1.82) is 0 Å². The number of amides is 1. The lowest BCUT2D eigenvalue weighted by Crippen LogP contribution is -2.52. The summed E-state index contributed by atoms with van der Waals surface area (Å²) in [5.41, 5.74) is 3.58. The van der Waals surface area contributed by atoms with Crippen molar-refractivity contribution in [2.45, 2.75) is 50.7 Å². The molecule has 0 saturated carbocycles. The van der Waals surface area contributed by atoms with Gasteiger partial charge in [0.05, 0.1) is 12.1 Å². The molecule has 1 aliphatic rings. The van der Waals surface area contributed by atoms with Gasteiger partial charge in [-0.1, -0.05) is 66.7 Å². The molecule has 0 aliphatic carbocycles. The van der Waals surface area contributed by atoms with Gasteiger partial charge in [0.15, 0.2) is 0 Å². The van der Waals surface area contributed by atoms with Gasteiger partial charge in [0, 0.05) is 50.3 Å². The number of nitrogens with one attached hydrogen (secondary N) is 1. The average molecular weight is 595 g/mol. The standard InChI is InChI=1S/C37H46N4O3/c42-33(29-44-36-21-9-20-35-34(36)19-10-22-38-35)27-40-23-25-41(26-24-40)28-37(43)39-32(17-7-15-30-11-3-1-4-12-30)18-8-16-31-13-5-2-6-14-31/h1-6,9-14,19-22,32-33,42H,7-8,15-18,23-29H2,(H,39,43). The molecule has 0 radical (unpaired) electrons. The fraction of sp³-hybridized carbons (Fsp3) is 0.405. The predicted molar refractivity (Wildman–Crippen MR) is 177 cm³/mol. The van der Waals surface area contributed by atoms with E-state index in [2.05, 4.69) is 80.8 Å². The molecule has 1 aliphatic heterocycles. The molecule has 0 spiro atoms. The Hall–Kier alpha value is -3.78. The minimum Gasteiger partial charge on any atom is -0.490 e. The topological polar surface area (TPSA) is 77.9 Å². The van der Waals surface area contributed by atoms with Crippen molar-refractivity contribution in [1.82, 2.24) is 20.1 Å². The van der Waals surface area contributed by atoms with Crippen LogP contribution < -0.4 is 10.1 Å². The minimum atomic E-state index is -0.593. The van der Waals surface area contributed by atoms with Crippen molar-refractivity contribution in [2.75, 3.05) is 45.9 Å². The van der Waals surface area contributed by atoms with E-state index in [0.717, 1.165) is 81.4 Å². The van der Waals surface area contributed by atoms with Gasteiger partial charge in [-0.15, -0.1) is 0 Å². The molecular weight excluding hydrogens is 548 g/mol. The summed E-state index contributed by atoms with van der Waals surface area (Å²) in [4.78, 5) is 22.0. The lowest BCUT2D eigenvalue weighted by molar-refractivity contribution is -0.123. The fourth-order valence-electron chi connectivity index (χ4n) is 6.03. The third-order valence-corrected chi connectivity index (χ3v) is 8.42. The van der Waals surface area contributed by atoms with Crippen LogP contribution in [0.25, 0.3) is 10.9 Å². The number of rotatable bonds is 16. The van der Waals surface area contributed by atoms with E-state index in [0.29, 0.717) is 13.1 Å². The molecule has 7 heteroatoms. The van der Waals surface area contributed by atoms with Gasteiger partial charge in [-0.25, -0.2) is 0 Å². The second-order valence-corrected chi connectivity index (χ2v) is 11.9. The minimum absolute atomic E-state index is 0.112. The Morgan fingerprint density at radius 1 is 0.795 bits per heavy atom. The number of aryl methyl sites for hydroxylation is 2. The second-order valence-electron chi connectivity index (χ2n) is 11.9. The molecule has 0 bridgehead atoms. The number of piperazine rings is 1. The van der Waals surface area contributed by atoms with Crippen molar-refractivity contribution >= 4 is 16.8 Å². The third-order valence-electron chi connectivity index (χ3n) is 8.42. The smallest absolute Gasteiger partial charge is 0.234 e. The number of β-amino-alcohol motifs (C(OH)–C–C–N with tert-alkyl or cyclic N) is 1. The Morgan fingerprint density at radius 2 is 1.43 bits per heavy atom. The van der Waals surface area contributed by atoms with Gasteiger partial charge < -0.3 is 15.2 Å². The van der Waals surface area contributed by atoms with Crippen molar-refractivity contribution in [3.63, 3.8) is 0 Å². The summed E-state index contributed by atoms with van der Waals surface area (Å²) in [5, 5.41) is 15.0.